The van der Waals surface area contributed by atoms with Gasteiger partial charge in [-0.2, -0.15) is 0 Å². The summed E-state index contributed by atoms with van der Waals surface area (Å²) in [6.07, 6.45) is 1.55. The van der Waals surface area contributed by atoms with Gasteiger partial charge in [0.05, 0.1) is 0 Å². The van der Waals surface area contributed by atoms with Gasteiger partial charge in [-0.15, -0.1) is 5.10 Å². The largest absolute Gasteiger partial charge is 0.405 e. The molecule has 0 unspecified atom stereocenters. The maximum absolute atomic E-state index is 13.1. The van der Waals surface area contributed by atoms with Crippen LogP contribution in [-0.2, 0) is 11.3 Å². The molecule has 0 saturated carbocycles. The van der Waals surface area contributed by atoms with Gasteiger partial charge in [0.15, 0.2) is 17.5 Å². The maximum Gasteiger partial charge on any atom is 0.315 e. The Hall–Kier alpha value is -2.09. The predicted octanol–water partition coefficient (Wildman–Crippen LogP) is 2.95. The summed E-state index contributed by atoms with van der Waals surface area (Å²) < 4.78 is 49.7. The molecule has 5 nitrogen and oxygen atoms in total. The second-order valence-electron chi connectivity index (χ2n) is 4.67. The fraction of sp³-hybridized carbons (Fsp3) is 0.385. The highest BCUT2D eigenvalue weighted by molar-refractivity contribution is 5.25. The highest BCUT2D eigenvalue weighted by atomic mass is 19.2. The van der Waals surface area contributed by atoms with E-state index in [1.807, 2.05) is 0 Å². The normalized spacial score (nSPS) is 18.1. The van der Waals surface area contributed by atoms with Gasteiger partial charge in [-0.3, -0.25) is 0 Å². The lowest BCUT2D eigenvalue weighted by molar-refractivity contribution is 0.0897. The summed E-state index contributed by atoms with van der Waals surface area (Å²) >= 11 is 0. The minimum Gasteiger partial charge on any atom is -0.405 e. The molecular weight excluding hydrogens is 287 g/mol. The zero-order valence-electron chi connectivity index (χ0n) is 10.9. The van der Waals surface area contributed by atoms with Crippen molar-refractivity contribution < 1.29 is 22.3 Å². The molecule has 1 fully saturated rings. The number of rotatable bonds is 4. The summed E-state index contributed by atoms with van der Waals surface area (Å²) in [7, 11) is 0. The Morgan fingerprint density at radius 3 is 2.62 bits per heavy atom. The molecule has 1 N–H and O–H groups in total. The molecule has 0 radical (unpaired) electrons. The summed E-state index contributed by atoms with van der Waals surface area (Å²) in [4.78, 5) is 0. The SMILES string of the molecule is Fc1cc(CNc2nnc([C@@H]3CCCO3)o2)cc(F)c1F. The highest BCUT2D eigenvalue weighted by Crippen LogP contribution is 2.28. The van der Waals surface area contributed by atoms with Crippen molar-refractivity contribution in [3.8, 4) is 0 Å². The zero-order valence-corrected chi connectivity index (χ0v) is 10.9. The molecule has 1 aromatic heterocycles. The minimum absolute atomic E-state index is 0.0290. The Balaban J connectivity index is 1.65. The first-order valence-corrected chi connectivity index (χ1v) is 6.46. The van der Waals surface area contributed by atoms with E-state index in [9.17, 15) is 13.2 Å². The van der Waals surface area contributed by atoms with Crippen molar-refractivity contribution in [1.29, 1.82) is 0 Å². The van der Waals surface area contributed by atoms with Gasteiger partial charge < -0.3 is 14.5 Å². The van der Waals surface area contributed by atoms with Crippen LogP contribution in [0.3, 0.4) is 0 Å². The second-order valence-corrected chi connectivity index (χ2v) is 4.67. The van der Waals surface area contributed by atoms with E-state index < -0.39 is 17.5 Å². The standard InChI is InChI=1S/C13H12F3N3O2/c14-8-4-7(5-9(15)11(8)16)6-17-13-19-18-12(21-13)10-2-1-3-20-10/h4-5,10H,1-3,6H2,(H,17,19)/t10-/m0/s1. The van der Waals surface area contributed by atoms with E-state index in [-0.39, 0.29) is 24.2 Å². The van der Waals surface area contributed by atoms with Crippen molar-refractivity contribution in [3.05, 3.63) is 41.0 Å². The van der Waals surface area contributed by atoms with Crippen LogP contribution in [0.25, 0.3) is 0 Å². The van der Waals surface area contributed by atoms with Crippen LogP contribution in [-0.4, -0.2) is 16.8 Å². The number of nitrogens with zero attached hydrogens (tertiary/aromatic N) is 2. The first-order valence-electron chi connectivity index (χ1n) is 6.46. The number of aromatic nitrogens is 2. The van der Waals surface area contributed by atoms with Crippen molar-refractivity contribution in [2.75, 3.05) is 11.9 Å². The quantitative estimate of drug-likeness (QED) is 0.880. The Morgan fingerprint density at radius 1 is 1.19 bits per heavy atom. The van der Waals surface area contributed by atoms with E-state index in [2.05, 4.69) is 15.5 Å². The molecule has 0 spiro atoms. The van der Waals surface area contributed by atoms with E-state index in [0.29, 0.717) is 12.5 Å². The van der Waals surface area contributed by atoms with Crippen molar-refractivity contribution in [1.82, 2.24) is 10.2 Å². The van der Waals surface area contributed by atoms with Crippen LogP contribution in [0, 0.1) is 17.5 Å². The number of anilines is 1. The van der Waals surface area contributed by atoms with Crippen molar-refractivity contribution in [2.24, 2.45) is 0 Å². The molecular formula is C13H12F3N3O2. The van der Waals surface area contributed by atoms with Crippen LogP contribution in [0.1, 0.15) is 30.4 Å². The van der Waals surface area contributed by atoms with Gasteiger partial charge in [0.1, 0.15) is 6.10 Å². The molecule has 0 bridgehead atoms. The Morgan fingerprint density at radius 2 is 1.95 bits per heavy atom. The summed E-state index contributed by atoms with van der Waals surface area (Å²) in [5, 5.41) is 10.3. The zero-order chi connectivity index (χ0) is 14.8. The number of benzene rings is 1. The lowest BCUT2D eigenvalue weighted by Crippen LogP contribution is -2.02. The van der Waals surface area contributed by atoms with Crippen molar-refractivity contribution >= 4 is 6.01 Å². The predicted molar refractivity (Wildman–Crippen MR) is 65.9 cm³/mol. The van der Waals surface area contributed by atoms with Gasteiger partial charge in [0.25, 0.3) is 0 Å². The molecule has 1 saturated heterocycles. The summed E-state index contributed by atoms with van der Waals surface area (Å²) in [6, 6.07) is 1.93. The molecule has 3 rings (SSSR count). The third kappa shape index (κ3) is 2.99. The lowest BCUT2D eigenvalue weighted by Gasteiger charge is -2.04. The van der Waals surface area contributed by atoms with Gasteiger partial charge in [-0.05, 0) is 30.5 Å². The highest BCUT2D eigenvalue weighted by Gasteiger charge is 2.23. The van der Waals surface area contributed by atoms with Gasteiger partial charge in [0.2, 0.25) is 5.89 Å². The van der Waals surface area contributed by atoms with Gasteiger partial charge in [0, 0.05) is 13.2 Å². The molecule has 1 aliphatic rings. The van der Waals surface area contributed by atoms with Crippen molar-refractivity contribution in [3.63, 3.8) is 0 Å². The number of ether oxygens (including phenoxy) is 1. The third-order valence-electron chi connectivity index (χ3n) is 3.13. The summed E-state index contributed by atoms with van der Waals surface area (Å²) in [5.74, 6) is -3.60. The summed E-state index contributed by atoms with van der Waals surface area (Å²) in [6.45, 7) is 0.686. The molecule has 0 amide bonds. The van der Waals surface area contributed by atoms with Crippen LogP contribution < -0.4 is 5.32 Å². The maximum atomic E-state index is 13.1. The average molecular weight is 299 g/mol. The molecule has 112 valence electrons. The molecule has 21 heavy (non-hydrogen) atoms. The molecule has 0 aliphatic carbocycles. The van der Waals surface area contributed by atoms with Gasteiger partial charge >= 0.3 is 6.01 Å². The minimum atomic E-state index is -1.49. The first-order chi connectivity index (χ1) is 10.1. The smallest absolute Gasteiger partial charge is 0.315 e. The number of hydrogen-bond donors (Lipinski definition) is 1. The van der Waals surface area contributed by atoms with E-state index in [0.717, 1.165) is 25.0 Å². The fourth-order valence-electron chi connectivity index (χ4n) is 2.10. The lowest BCUT2D eigenvalue weighted by atomic mass is 10.2. The van der Waals surface area contributed by atoms with E-state index in [4.69, 9.17) is 9.15 Å². The molecule has 2 heterocycles. The molecule has 1 aromatic carbocycles. The fourth-order valence-corrected chi connectivity index (χ4v) is 2.10. The van der Waals surface area contributed by atoms with Crippen LogP contribution in [0.5, 0.6) is 0 Å². The second kappa shape index (κ2) is 5.72. The van der Waals surface area contributed by atoms with Crippen LogP contribution in [0.15, 0.2) is 16.5 Å². The number of halogens is 3. The Labute approximate surface area is 118 Å². The van der Waals surface area contributed by atoms with E-state index in [1.165, 1.54) is 0 Å². The van der Waals surface area contributed by atoms with E-state index in [1.54, 1.807) is 0 Å². The van der Waals surface area contributed by atoms with Crippen LogP contribution in [0.2, 0.25) is 0 Å². The first kappa shape index (κ1) is 13.9. The van der Waals surface area contributed by atoms with Gasteiger partial charge in [-0.1, -0.05) is 5.10 Å². The van der Waals surface area contributed by atoms with Crippen LogP contribution in [0.4, 0.5) is 19.2 Å². The van der Waals surface area contributed by atoms with Crippen molar-refractivity contribution in [2.45, 2.75) is 25.5 Å². The Bertz CT molecular complexity index is 618. The van der Waals surface area contributed by atoms with Gasteiger partial charge in [-0.25, -0.2) is 13.2 Å². The Kier molecular flexibility index (Phi) is 3.78. The molecule has 1 aliphatic heterocycles. The van der Waals surface area contributed by atoms with E-state index >= 15 is 0 Å². The molecule has 2 aromatic rings. The molecule has 1 atom stereocenters. The average Bonchev–Trinajstić information content (AvgIpc) is 3.12. The monoisotopic (exact) mass is 299 g/mol. The number of nitrogens with one attached hydrogen (secondary N) is 1. The molecule has 8 heteroatoms. The number of hydrogen-bond acceptors (Lipinski definition) is 5. The third-order valence-corrected chi connectivity index (χ3v) is 3.13. The summed E-state index contributed by atoms with van der Waals surface area (Å²) in [5.41, 5.74) is 0.225. The van der Waals surface area contributed by atoms with Crippen LogP contribution >= 0.6 is 0 Å². The topological polar surface area (TPSA) is 60.2 Å².